The van der Waals surface area contributed by atoms with Crippen molar-refractivity contribution in [2.75, 3.05) is 25.1 Å². The Labute approximate surface area is 101 Å². The fourth-order valence-electron chi connectivity index (χ4n) is 2.21. The normalized spacial score (nSPS) is 22.9. The first-order valence-corrected chi connectivity index (χ1v) is 6.94. The molecule has 4 heteroatoms. The summed E-state index contributed by atoms with van der Waals surface area (Å²) >= 11 is 2.03. The molecule has 2 unspecified atom stereocenters. The average molecular weight is 240 g/mol. The largest absolute Gasteiger partial charge is 0.465 e. The predicted octanol–water partition coefficient (Wildman–Crippen LogP) is 2.03. The minimum Gasteiger partial charge on any atom is -0.465 e. The third-order valence-corrected chi connectivity index (χ3v) is 4.43. The van der Waals surface area contributed by atoms with Crippen LogP contribution in [0.25, 0.3) is 0 Å². The van der Waals surface area contributed by atoms with Crippen LogP contribution < -0.4 is 5.73 Å². The first kappa shape index (κ1) is 12.0. The summed E-state index contributed by atoms with van der Waals surface area (Å²) in [5.74, 6) is 4.44. The van der Waals surface area contributed by atoms with E-state index in [1.165, 1.54) is 17.9 Å². The molecule has 0 amide bonds. The van der Waals surface area contributed by atoms with Crippen LogP contribution in [0, 0.1) is 6.92 Å². The van der Waals surface area contributed by atoms with Crippen LogP contribution in [-0.4, -0.2) is 36.0 Å². The van der Waals surface area contributed by atoms with Crippen LogP contribution >= 0.6 is 11.8 Å². The van der Waals surface area contributed by atoms with Gasteiger partial charge in [-0.15, -0.1) is 0 Å². The summed E-state index contributed by atoms with van der Waals surface area (Å²) in [6.45, 7) is 2.59. The van der Waals surface area contributed by atoms with Crippen LogP contribution in [0.15, 0.2) is 16.5 Å². The lowest BCUT2D eigenvalue weighted by Crippen LogP contribution is -2.38. The summed E-state index contributed by atoms with van der Waals surface area (Å²) < 4.78 is 5.69. The fourth-order valence-corrected chi connectivity index (χ4v) is 3.49. The monoisotopic (exact) mass is 240 g/mol. The van der Waals surface area contributed by atoms with Crippen molar-refractivity contribution in [3.05, 3.63) is 23.7 Å². The van der Waals surface area contributed by atoms with Crippen molar-refractivity contribution in [3.8, 4) is 0 Å². The van der Waals surface area contributed by atoms with E-state index in [4.69, 9.17) is 10.2 Å². The standard InChI is InChI=1S/C12H20N2OS/c1-9-3-4-12(15-9)11(7-13)14(2)10-5-6-16-8-10/h3-4,10-11H,5-8,13H2,1-2H3. The van der Waals surface area contributed by atoms with Crippen molar-refractivity contribution < 1.29 is 4.42 Å². The van der Waals surface area contributed by atoms with Crippen LogP contribution in [0.3, 0.4) is 0 Å². The molecule has 0 radical (unpaired) electrons. The van der Waals surface area contributed by atoms with E-state index in [2.05, 4.69) is 11.9 Å². The van der Waals surface area contributed by atoms with E-state index in [-0.39, 0.29) is 6.04 Å². The molecule has 1 aliphatic rings. The van der Waals surface area contributed by atoms with E-state index in [0.29, 0.717) is 12.6 Å². The summed E-state index contributed by atoms with van der Waals surface area (Å²) in [7, 11) is 2.16. The van der Waals surface area contributed by atoms with E-state index in [1.54, 1.807) is 0 Å². The minimum absolute atomic E-state index is 0.220. The van der Waals surface area contributed by atoms with Gasteiger partial charge in [-0.05, 0) is 38.3 Å². The second-order valence-corrected chi connectivity index (χ2v) is 5.53. The van der Waals surface area contributed by atoms with Gasteiger partial charge in [-0.25, -0.2) is 0 Å². The number of thioether (sulfide) groups is 1. The van der Waals surface area contributed by atoms with Gasteiger partial charge in [0, 0.05) is 18.3 Å². The van der Waals surface area contributed by atoms with Crippen molar-refractivity contribution in [1.29, 1.82) is 0 Å². The maximum Gasteiger partial charge on any atom is 0.122 e. The van der Waals surface area contributed by atoms with E-state index < -0.39 is 0 Å². The third-order valence-electron chi connectivity index (χ3n) is 3.29. The molecule has 3 nitrogen and oxygen atoms in total. The molecule has 1 saturated heterocycles. The lowest BCUT2D eigenvalue weighted by molar-refractivity contribution is 0.170. The van der Waals surface area contributed by atoms with Gasteiger partial charge >= 0.3 is 0 Å². The Kier molecular flexibility index (Phi) is 3.95. The number of hydrogen-bond acceptors (Lipinski definition) is 4. The molecular weight excluding hydrogens is 220 g/mol. The van der Waals surface area contributed by atoms with Crippen LogP contribution in [-0.2, 0) is 0 Å². The molecule has 16 heavy (non-hydrogen) atoms. The molecule has 0 bridgehead atoms. The minimum atomic E-state index is 0.220. The topological polar surface area (TPSA) is 42.4 Å². The summed E-state index contributed by atoms with van der Waals surface area (Å²) in [6, 6.07) is 4.92. The van der Waals surface area contributed by atoms with Gasteiger partial charge in [0.1, 0.15) is 11.5 Å². The van der Waals surface area contributed by atoms with Gasteiger partial charge in [-0.1, -0.05) is 0 Å². The van der Waals surface area contributed by atoms with E-state index in [9.17, 15) is 0 Å². The maximum absolute atomic E-state index is 5.87. The molecule has 0 spiro atoms. The molecule has 1 aromatic rings. The molecule has 1 fully saturated rings. The Hall–Kier alpha value is -0.450. The third kappa shape index (κ3) is 2.44. The highest BCUT2D eigenvalue weighted by Crippen LogP contribution is 2.28. The lowest BCUT2D eigenvalue weighted by Gasteiger charge is -2.30. The molecule has 2 N–H and O–H groups in total. The molecule has 0 saturated carbocycles. The summed E-state index contributed by atoms with van der Waals surface area (Å²) in [5.41, 5.74) is 5.87. The van der Waals surface area contributed by atoms with Gasteiger partial charge in [-0.3, -0.25) is 4.90 Å². The Bertz CT molecular complexity index is 334. The molecular formula is C12H20N2OS. The number of hydrogen-bond donors (Lipinski definition) is 1. The highest BCUT2D eigenvalue weighted by molar-refractivity contribution is 7.99. The van der Waals surface area contributed by atoms with Crippen LogP contribution in [0.2, 0.25) is 0 Å². The molecule has 0 aliphatic carbocycles. The highest BCUT2D eigenvalue weighted by atomic mass is 32.2. The molecule has 1 aliphatic heterocycles. The zero-order chi connectivity index (χ0) is 11.5. The Morgan fingerprint density at radius 3 is 2.94 bits per heavy atom. The van der Waals surface area contributed by atoms with E-state index in [1.807, 2.05) is 30.8 Å². The van der Waals surface area contributed by atoms with Crippen LogP contribution in [0.1, 0.15) is 24.0 Å². The second kappa shape index (κ2) is 5.25. The maximum atomic E-state index is 5.87. The van der Waals surface area contributed by atoms with Crippen molar-refractivity contribution in [1.82, 2.24) is 4.90 Å². The van der Waals surface area contributed by atoms with Gasteiger partial charge in [0.25, 0.3) is 0 Å². The zero-order valence-corrected chi connectivity index (χ0v) is 10.8. The number of rotatable bonds is 4. The molecule has 0 aromatic carbocycles. The molecule has 2 heterocycles. The molecule has 90 valence electrons. The van der Waals surface area contributed by atoms with Crippen molar-refractivity contribution in [2.45, 2.75) is 25.4 Å². The first-order valence-electron chi connectivity index (χ1n) is 5.78. The Morgan fingerprint density at radius 2 is 2.44 bits per heavy atom. The zero-order valence-electron chi connectivity index (χ0n) is 9.98. The lowest BCUT2D eigenvalue weighted by atomic mass is 10.1. The Balaban J connectivity index is 2.09. The molecule has 2 atom stereocenters. The SMILES string of the molecule is Cc1ccc(C(CN)N(C)C2CCSC2)o1. The van der Waals surface area contributed by atoms with Gasteiger partial charge in [0.15, 0.2) is 0 Å². The van der Waals surface area contributed by atoms with Crippen molar-refractivity contribution in [3.63, 3.8) is 0 Å². The summed E-state index contributed by atoms with van der Waals surface area (Å²) in [4.78, 5) is 2.37. The van der Waals surface area contributed by atoms with Crippen molar-refractivity contribution in [2.24, 2.45) is 5.73 Å². The molecule has 1 aromatic heterocycles. The Morgan fingerprint density at radius 1 is 1.62 bits per heavy atom. The number of likely N-dealkylation sites (N-methyl/N-ethyl adjacent to an activating group) is 1. The van der Waals surface area contributed by atoms with Gasteiger partial charge in [-0.2, -0.15) is 11.8 Å². The van der Waals surface area contributed by atoms with Crippen LogP contribution in [0.5, 0.6) is 0 Å². The summed E-state index contributed by atoms with van der Waals surface area (Å²) in [5, 5.41) is 0. The second-order valence-electron chi connectivity index (χ2n) is 4.38. The smallest absolute Gasteiger partial charge is 0.122 e. The van der Waals surface area contributed by atoms with Crippen LogP contribution in [0.4, 0.5) is 0 Å². The number of aryl methyl sites for hydroxylation is 1. The van der Waals surface area contributed by atoms with Gasteiger partial charge in [0.2, 0.25) is 0 Å². The van der Waals surface area contributed by atoms with Gasteiger partial charge < -0.3 is 10.2 Å². The quantitative estimate of drug-likeness (QED) is 0.874. The predicted molar refractivity (Wildman–Crippen MR) is 68.7 cm³/mol. The number of nitrogens with two attached hydrogens (primary N) is 1. The van der Waals surface area contributed by atoms with E-state index >= 15 is 0 Å². The van der Waals surface area contributed by atoms with E-state index in [0.717, 1.165) is 11.5 Å². The highest BCUT2D eigenvalue weighted by Gasteiger charge is 2.27. The fraction of sp³-hybridized carbons (Fsp3) is 0.667. The first-order chi connectivity index (χ1) is 7.72. The van der Waals surface area contributed by atoms with Crippen molar-refractivity contribution >= 4 is 11.8 Å². The summed E-state index contributed by atoms with van der Waals surface area (Å²) in [6.07, 6.45) is 1.26. The van der Waals surface area contributed by atoms with Gasteiger partial charge in [0.05, 0.1) is 6.04 Å². The molecule has 2 rings (SSSR count). The number of nitrogens with zero attached hydrogens (tertiary/aromatic N) is 1. The average Bonchev–Trinajstić information content (AvgIpc) is 2.90. The number of furan rings is 1.